The Bertz CT molecular complexity index is 1730. The summed E-state index contributed by atoms with van der Waals surface area (Å²) in [5, 5.41) is 3.77. The van der Waals surface area contributed by atoms with Crippen molar-refractivity contribution in [3.63, 3.8) is 0 Å². The van der Waals surface area contributed by atoms with Crippen LogP contribution in [0.1, 0.15) is 33.5 Å². The van der Waals surface area contributed by atoms with Gasteiger partial charge in [-0.2, -0.15) is 4.39 Å². The topological polar surface area (TPSA) is 92.3 Å². The first kappa shape index (κ1) is 32.2. The second kappa shape index (κ2) is 14.7. The fraction of sp³-hybridized carbons (Fsp3) is 0.176. The molecular formula is C34H31F3N2O4S. The van der Waals surface area contributed by atoms with Crippen molar-refractivity contribution in [1.82, 2.24) is 10.6 Å². The Morgan fingerprint density at radius 1 is 0.795 bits per heavy atom. The summed E-state index contributed by atoms with van der Waals surface area (Å²) in [4.78, 5) is 26.4. The minimum Gasteiger partial charge on any atom is -0.348 e. The Balaban J connectivity index is 1.63. The van der Waals surface area contributed by atoms with E-state index in [1.807, 2.05) is 49.4 Å². The summed E-state index contributed by atoms with van der Waals surface area (Å²) >= 11 is 0. The van der Waals surface area contributed by atoms with Crippen molar-refractivity contribution in [2.45, 2.75) is 43.2 Å². The minimum atomic E-state index is -4.49. The summed E-state index contributed by atoms with van der Waals surface area (Å²) in [7, 11) is -4.49. The van der Waals surface area contributed by atoms with E-state index in [1.54, 1.807) is 18.2 Å². The quantitative estimate of drug-likeness (QED) is 0.203. The van der Waals surface area contributed by atoms with Crippen LogP contribution < -0.4 is 10.6 Å². The van der Waals surface area contributed by atoms with Crippen LogP contribution in [0.4, 0.5) is 13.2 Å². The van der Waals surface area contributed by atoms with Gasteiger partial charge in [-0.25, -0.2) is 17.2 Å². The molecule has 0 saturated heterocycles. The smallest absolute Gasteiger partial charge is 0.252 e. The monoisotopic (exact) mass is 620 g/mol. The average Bonchev–Trinajstić information content (AvgIpc) is 3.00. The van der Waals surface area contributed by atoms with Crippen LogP contribution in [0.5, 0.6) is 0 Å². The summed E-state index contributed by atoms with van der Waals surface area (Å²) in [6.45, 7) is 1.85. The summed E-state index contributed by atoms with van der Waals surface area (Å²) in [5.41, 5.74) is 2.14. The van der Waals surface area contributed by atoms with Gasteiger partial charge in [-0.15, -0.1) is 0 Å². The largest absolute Gasteiger partial charge is 0.348 e. The highest BCUT2D eigenvalue weighted by Crippen LogP contribution is 2.21. The molecule has 4 aromatic carbocycles. The molecule has 4 aromatic rings. The van der Waals surface area contributed by atoms with E-state index >= 15 is 4.39 Å². The zero-order valence-corrected chi connectivity index (χ0v) is 24.7. The number of halogens is 3. The predicted molar refractivity (Wildman–Crippen MR) is 162 cm³/mol. The van der Waals surface area contributed by atoms with Gasteiger partial charge in [-0.1, -0.05) is 78.4 Å². The third kappa shape index (κ3) is 8.90. The highest BCUT2D eigenvalue weighted by Gasteiger charge is 2.27. The first-order valence-electron chi connectivity index (χ1n) is 13.9. The lowest BCUT2D eigenvalue weighted by Gasteiger charge is -2.23. The third-order valence-electron chi connectivity index (χ3n) is 6.83. The van der Waals surface area contributed by atoms with E-state index in [0.717, 1.165) is 29.3 Å². The molecule has 10 heteroatoms. The molecule has 2 atom stereocenters. The molecule has 0 saturated carbocycles. The zero-order valence-electron chi connectivity index (χ0n) is 23.8. The lowest BCUT2D eigenvalue weighted by Crippen LogP contribution is -2.50. The molecule has 0 bridgehead atoms. The Kier molecular flexibility index (Phi) is 10.7. The van der Waals surface area contributed by atoms with Crippen molar-refractivity contribution >= 4 is 21.7 Å². The van der Waals surface area contributed by atoms with Gasteiger partial charge in [0.25, 0.3) is 5.91 Å². The van der Waals surface area contributed by atoms with Gasteiger partial charge in [0.05, 0.1) is 10.9 Å². The molecule has 6 nitrogen and oxygen atoms in total. The maximum atomic E-state index is 15.4. The van der Waals surface area contributed by atoms with E-state index in [4.69, 9.17) is 0 Å². The van der Waals surface area contributed by atoms with Crippen molar-refractivity contribution in [3.8, 4) is 0 Å². The summed E-state index contributed by atoms with van der Waals surface area (Å²) < 4.78 is 68.9. The first-order valence-corrected chi connectivity index (χ1v) is 15.3. The molecule has 4 rings (SSSR count). The number of sulfone groups is 1. The van der Waals surface area contributed by atoms with Crippen LogP contribution >= 0.6 is 0 Å². The number of rotatable bonds is 12. The molecule has 2 amide bonds. The maximum Gasteiger partial charge on any atom is 0.252 e. The Labute approximate surface area is 254 Å². The second-order valence-electron chi connectivity index (χ2n) is 10.3. The minimum absolute atomic E-state index is 0.00301. The van der Waals surface area contributed by atoms with Crippen LogP contribution in [0.3, 0.4) is 0 Å². The number of nitrogens with one attached hydrogen (secondary N) is 2. The summed E-state index contributed by atoms with van der Waals surface area (Å²) in [5.74, 6) is -3.56. The van der Waals surface area contributed by atoms with Crippen LogP contribution in [0, 0.1) is 18.6 Å². The van der Waals surface area contributed by atoms with Gasteiger partial charge in [-0.05, 0) is 61.2 Å². The van der Waals surface area contributed by atoms with Gasteiger partial charge < -0.3 is 10.6 Å². The van der Waals surface area contributed by atoms with E-state index in [-0.39, 0.29) is 23.3 Å². The lowest BCUT2D eigenvalue weighted by molar-refractivity contribution is -0.123. The Morgan fingerprint density at radius 3 is 2.05 bits per heavy atom. The van der Waals surface area contributed by atoms with E-state index in [2.05, 4.69) is 10.6 Å². The van der Waals surface area contributed by atoms with E-state index in [1.165, 1.54) is 24.3 Å². The van der Waals surface area contributed by atoms with E-state index in [0.29, 0.717) is 18.1 Å². The fourth-order valence-electron chi connectivity index (χ4n) is 4.62. The van der Waals surface area contributed by atoms with Gasteiger partial charge in [-0.3, -0.25) is 9.59 Å². The number of hydrogen-bond acceptors (Lipinski definition) is 4. The standard InChI is InChI=1S/C34H31F3N2O4S/c1-23-9-8-12-25(17-23)18-31(39-33(40)26-19-27(35)21-28(36)20-26)34(41)38-29(16-15-24-10-4-2-5-11-24)22-32(37)44(42,43)30-13-6-3-7-14-30/h2-14,17,19-22,29,31H,15-16,18H2,1H3,(H,38,41)(H,39,40)/b32-22+/t29-,31-/m0/s1. The Hall–Kier alpha value is -4.70. The number of benzene rings is 4. The number of carbonyl (C=O) groups excluding carboxylic acids is 2. The van der Waals surface area contributed by atoms with Gasteiger partial charge in [0.2, 0.25) is 20.9 Å². The Morgan fingerprint density at radius 2 is 1.41 bits per heavy atom. The third-order valence-corrected chi connectivity index (χ3v) is 8.37. The summed E-state index contributed by atoms with van der Waals surface area (Å²) in [6.07, 6.45) is 1.35. The van der Waals surface area contributed by atoms with Crippen molar-refractivity contribution in [1.29, 1.82) is 0 Å². The second-order valence-corrected chi connectivity index (χ2v) is 12.2. The molecule has 228 valence electrons. The highest BCUT2D eigenvalue weighted by molar-refractivity contribution is 7.95. The lowest BCUT2D eigenvalue weighted by atomic mass is 10.0. The maximum absolute atomic E-state index is 15.4. The van der Waals surface area contributed by atoms with Crippen LogP contribution in [0.2, 0.25) is 0 Å². The number of aryl methyl sites for hydroxylation is 2. The highest BCUT2D eigenvalue weighted by atomic mass is 32.2. The molecule has 0 fully saturated rings. The van der Waals surface area contributed by atoms with Crippen molar-refractivity contribution in [3.05, 3.63) is 148 Å². The molecule has 44 heavy (non-hydrogen) atoms. The molecule has 0 aliphatic heterocycles. The van der Waals surface area contributed by atoms with Crippen LogP contribution in [-0.4, -0.2) is 32.3 Å². The van der Waals surface area contributed by atoms with Gasteiger partial charge in [0, 0.05) is 18.1 Å². The first-order chi connectivity index (χ1) is 21.0. The van der Waals surface area contributed by atoms with Gasteiger partial charge >= 0.3 is 0 Å². The van der Waals surface area contributed by atoms with Crippen LogP contribution in [0.25, 0.3) is 0 Å². The molecule has 0 aliphatic rings. The molecular weight excluding hydrogens is 589 g/mol. The average molecular weight is 621 g/mol. The SMILES string of the molecule is Cc1cccc(C[C@H](NC(=O)c2cc(F)cc(F)c2)C(=O)N[C@H](/C=C(\F)S(=O)(=O)c2ccccc2)CCc2ccccc2)c1. The van der Waals surface area contributed by atoms with Gasteiger partial charge in [0.15, 0.2) is 0 Å². The molecule has 2 N–H and O–H groups in total. The molecule has 0 heterocycles. The molecule has 0 spiro atoms. The number of amides is 2. The molecule has 0 aromatic heterocycles. The van der Waals surface area contributed by atoms with E-state index in [9.17, 15) is 26.8 Å². The van der Waals surface area contributed by atoms with E-state index < -0.39 is 50.5 Å². The normalized spacial score (nSPS) is 13.1. The molecule has 0 aliphatic carbocycles. The van der Waals surface area contributed by atoms with Crippen LogP contribution in [0.15, 0.2) is 119 Å². The molecule has 0 unspecified atom stereocenters. The van der Waals surface area contributed by atoms with Crippen molar-refractivity contribution in [2.24, 2.45) is 0 Å². The van der Waals surface area contributed by atoms with Gasteiger partial charge in [0.1, 0.15) is 17.7 Å². The summed E-state index contributed by atoms with van der Waals surface area (Å²) in [6, 6.07) is 23.4. The molecule has 0 radical (unpaired) electrons. The van der Waals surface area contributed by atoms with Crippen molar-refractivity contribution < 1.29 is 31.2 Å². The zero-order chi connectivity index (χ0) is 31.7. The fourth-order valence-corrected chi connectivity index (χ4v) is 5.70. The van der Waals surface area contributed by atoms with Crippen molar-refractivity contribution in [2.75, 3.05) is 0 Å². The predicted octanol–water partition coefficient (Wildman–Crippen LogP) is 6.02. The number of carbonyl (C=O) groups is 2. The number of hydrogen-bond donors (Lipinski definition) is 2. The van der Waals surface area contributed by atoms with Crippen LogP contribution in [-0.2, 0) is 27.5 Å².